The van der Waals surface area contributed by atoms with Crippen molar-refractivity contribution in [3.05, 3.63) is 0 Å². The van der Waals surface area contributed by atoms with Crippen LogP contribution >= 0.6 is 0 Å². The topological polar surface area (TPSA) is 580 Å². The lowest BCUT2D eigenvalue weighted by Gasteiger charge is -2.27. The van der Waals surface area contributed by atoms with Crippen LogP contribution in [0.25, 0.3) is 0 Å². The monoisotopic (exact) mass is 1990 g/mol. The highest BCUT2D eigenvalue weighted by Gasteiger charge is 2.34. The maximum absolute atomic E-state index is 15.0. The van der Waals surface area contributed by atoms with E-state index >= 15 is 0 Å². The van der Waals surface area contributed by atoms with Crippen molar-refractivity contribution in [2.45, 2.75) is 142 Å². The lowest BCUT2D eigenvalue weighted by molar-refractivity contribution is -0.148. The number of carbonyl (C=O) groups excluding carboxylic acids is 9. The van der Waals surface area contributed by atoms with Crippen LogP contribution in [0.2, 0.25) is 0 Å². The molecular formula is C90H174N10O37. The van der Waals surface area contributed by atoms with E-state index in [0.717, 1.165) is 0 Å². The van der Waals surface area contributed by atoms with Crippen molar-refractivity contribution in [3.63, 3.8) is 0 Å². The summed E-state index contributed by atoms with van der Waals surface area (Å²) < 4.78 is 148. The minimum Gasteiger partial charge on any atom is -0.442 e. The smallest absolute Gasteiger partial charge is 0.442 e. The molecule has 47 nitrogen and oxygen atoms in total. The molecule has 0 aromatic heterocycles. The van der Waals surface area contributed by atoms with Gasteiger partial charge in [0.15, 0.2) is 11.6 Å². The fraction of sp³-hybridized carbons (Fsp3) is 0.900. The van der Waals surface area contributed by atoms with Crippen LogP contribution in [0.15, 0.2) is 0 Å². The summed E-state index contributed by atoms with van der Waals surface area (Å²) in [4.78, 5) is 127. The van der Waals surface area contributed by atoms with Crippen LogP contribution in [-0.2, 0) is 166 Å². The number of Topliss-reactive ketones (excluding diaryl/α,β-unsaturated/α-hetero) is 2. The van der Waals surface area contributed by atoms with Crippen LogP contribution in [0, 0.1) is 5.92 Å². The van der Waals surface area contributed by atoms with Crippen LogP contribution in [0.4, 0.5) is 9.59 Å². The fourth-order valence-corrected chi connectivity index (χ4v) is 11.2. The molecule has 0 radical (unpaired) electrons. The zero-order chi connectivity index (χ0) is 100. The second kappa shape index (κ2) is 99.0. The molecule has 806 valence electrons. The summed E-state index contributed by atoms with van der Waals surface area (Å²) in [5.74, 6) is -4.14. The maximum atomic E-state index is 15.0. The number of unbranched alkanes of at least 4 members (excludes halogenated alkanes) is 3. The van der Waals surface area contributed by atoms with Crippen molar-refractivity contribution in [1.82, 2.24) is 31.6 Å². The molecule has 0 spiro atoms. The molecule has 47 heteroatoms. The number of amides is 7. The number of nitrogens with two attached hydrogens (primary N) is 4. The van der Waals surface area contributed by atoms with Gasteiger partial charge in [0.1, 0.15) is 37.6 Å². The molecule has 7 amide bonds. The van der Waals surface area contributed by atoms with Gasteiger partial charge in [0.25, 0.3) is 0 Å². The van der Waals surface area contributed by atoms with E-state index in [-0.39, 0.29) is 240 Å². The van der Waals surface area contributed by atoms with E-state index in [1.807, 2.05) is 0 Å². The summed E-state index contributed by atoms with van der Waals surface area (Å²) in [5, 5.41) is 14.7. The van der Waals surface area contributed by atoms with Crippen molar-refractivity contribution in [2.24, 2.45) is 28.9 Å². The molecule has 0 aromatic rings. The predicted molar refractivity (Wildman–Crippen MR) is 499 cm³/mol. The molecular weight excluding hydrogens is 1810 g/mol. The summed E-state index contributed by atoms with van der Waals surface area (Å²) in [6.07, 6.45) is 0.515. The summed E-state index contributed by atoms with van der Waals surface area (Å²) >= 11 is 0. The molecule has 0 saturated heterocycles. The van der Waals surface area contributed by atoms with Crippen molar-refractivity contribution in [2.75, 3.05) is 383 Å². The molecule has 0 aliphatic heterocycles. The molecule has 3 atom stereocenters. The van der Waals surface area contributed by atoms with Gasteiger partial charge >= 0.3 is 12.2 Å². The van der Waals surface area contributed by atoms with Gasteiger partial charge < -0.3 is 177 Å². The number of hydroxylamine groups is 2. The predicted octanol–water partition coefficient (Wildman–Crippen LogP) is 0.0938. The Morgan fingerprint density at radius 3 is 0.737 bits per heavy atom. The number of nitrogens with one attached hydrogen (secondary N) is 5. The number of carbonyl (C=O) groups is 9. The third kappa shape index (κ3) is 94.9. The van der Waals surface area contributed by atoms with Gasteiger partial charge in [0.2, 0.25) is 29.5 Å². The molecule has 13 N–H and O–H groups in total. The number of rotatable bonds is 106. The number of hydrogen-bond donors (Lipinski definition) is 9. The molecule has 0 saturated carbocycles. The second-order valence-corrected chi connectivity index (χ2v) is 32.0. The van der Waals surface area contributed by atoms with Gasteiger partial charge in [-0.05, 0) is 99.3 Å². The average molecular weight is 1990 g/mol. The molecule has 0 heterocycles. The normalized spacial score (nSPS) is 12.4. The van der Waals surface area contributed by atoms with Crippen LogP contribution in [0.1, 0.15) is 119 Å². The minimum atomic E-state index is -1.12. The first kappa shape index (κ1) is 131. The van der Waals surface area contributed by atoms with E-state index in [2.05, 4.69) is 26.6 Å². The lowest BCUT2D eigenvalue weighted by Crippen LogP contribution is -2.46. The lowest BCUT2D eigenvalue weighted by atomic mass is 9.90. The third-order valence-corrected chi connectivity index (χ3v) is 17.7. The SMILES string of the molecule is CC(C)(C)OC(=O)N(OCCOCCOCCOCCOCCOCCCC(=O)[C@H](CCCCNC(=O)COCCOCCOCCOCCOCCN)NC(=O)[C@H](CCCCNC(=O)COCCOCCOCCOCCOCCN)CC(=O)[C@H](CCCCNC(=O)COCCOCCOCCOCCOCCN)NC(=O)COCCOCCOCCOCCOCCN)C(=O)OC(C)(C)C. The van der Waals surface area contributed by atoms with E-state index in [1.54, 1.807) is 41.5 Å². The maximum Gasteiger partial charge on any atom is 0.444 e. The molecule has 0 bridgehead atoms. The van der Waals surface area contributed by atoms with Gasteiger partial charge in [0, 0.05) is 71.2 Å². The summed E-state index contributed by atoms with van der Waals surface area (Å²) in [5.41, 5.74) is 19.9. The quantitative estimate of drug-likeness (QED) is 0.0288. The van der Waals surface area contributed by atoms with Gasteiger partial charge in [0.05, 0.1) is 316 Å². The number of ether oxygens (including phenoxy) is 27. The van der Waals surface area contributed by atoms with Crippen LogP contribution in [-0.4, -0.2) is 464 Å². The highest BCUT2D eigenvalue weighted by atomic mass is 16.8. The average Bonchev–Trinajstić information content (AvgIpc) is 0.832. The van der Waals surface area contributed by atoms with Gasteiger partial charge in [-0.25, -0.2) is 9.59 Å². The Kier molecular flexibility index (Phi) is 94.8. The van der Waals surface area contributed by atoms with Gasteiger partial charge in [-0.1, -0.05) is 11.5 Å². The van der Waals surface area contributed by atoms with Gasteiger partial charge in [-0.3, -0.25) is 38.4 Å². The summed E-state index contributed by atoms with van der Waals surface area (Å²) in [6, 6.07) is -2.16. The van der Waals surface area contributed by atoms with Gasteiger partial charge in [-0.2, -0.15) is 0 Å². The number of nitrogens with zero attached hydrogens (tertiary/aromatic N) is 1. The van der Waals surface area contributed by atoms with Crippen molar-refractivity contribution < 1.29 is 176 Å². The molecule has 0 aliphatic carbocycles. The van der Waals surface area contributed by atoms with E-state index in [0.29, 0.717) is 242 Å². The third-order valence-electron chi connectivity index (χ3n) is 17.7. The van der Waals surface area contributed by atoms with E-state index in [9.17, 15) is 43.2 Å². The van der Waals surface area contributed by atoms with Crippen molar-refractivity contribution >= 4 is 53.3 Å². The van der Waals surface area contributed by atoms with Crippen LogP contribution in [0.3, 0.4) is 0 Å². The fourth-order valence-electron chi connectivity index (χ4n) is 11.2. The first-order valence-electron chi connectivity index (χ1n) is 48.1. The van der Waals surface area contributed by atoms with Crippen LogP contribution in [0.5, 0.6) is 0 Å². The Balaban J connectivity index is 6.34. The standard InChI is InChI=1S/C90H174N10O37/c1-89(2,3)136-87(108)100(88(109)137-90(4,5)6)135-71-70-130-61-60-125-51-50-120-45-40-115-35-30-110-25-13-17-80(101)78(15-8-11-23-96-83(104)74-132-67-63-127-57-53-122-47-42-117-37-32-112-27-19-92)99-86(107)77(14-7-10-22-95-82(103)73-131-66-62-126-56-52-121-46-41-116-36-31-111-26-18-91)72-81(102)79(98-85(106)76-134-69-65-129-59-55-124-49-44-119-39-34-114-29-21-94)16-9-12-24-97-84(105)75-133-68-64-128-58-54-123-48-43-118-38-33-113-28-20-93/h77-79H,7-76,91-94H2,1-6H3,(H,95,103)(H,96,104)(H,97,105)(H,98,106)(H,99,107)/t77-,78+,79+/m1/s1. The number of ketones is 2. The minimum absolute atomic E-state index is 0.00301. The van der Waals surface area contributed by atoms with Gasteiger partial charge in [-0.15, -0.1) is 0 Å². The Bertz CT molecular complexity index is 2790. The molecule has 0 aliphatic rings. The Morgan fingerprint density at radius 2 is 0.474 bits per heavy atom. The molecule has 0 aromatic carbocycles. The first-order chi connectivity index (χ1) is 66.6. The van der Waals surface area contributed by atoms with E-state index in [4.69, 9.17) is 156 Å². The Hall–Kier alpha value is -5.77. The number of imide groups is 1. The van der Waals surface area contributed by atoms with Crippen LogP contribution < -0.4 is 49.5 Å². The highest BCUT2D eigenvalue weighted by Crippen LogP contribution is 2.20. The molecule has 137 heavy (non-hydrogen) atoms. The Labute approximate surface area is 811 Å². The summed E-state index contributed by atoms with van der Waals surface area (Å²) in [6.45, 7) is 25.5. The zero-order valence-electron chi connectivity index (χ0n) is 83.1. The molecule has 0 unspecified atom stereocenters. The first-order valence-corrected chi connectivity index (χ1v) is 48.1. The summed E-state index contributed by atoms with van der Waals surface area (Å²) in [7, 11) is 0. The van der Waals surface area contributed by atoms with Crippen molar-refractivity contribution in [3.8, 4) is 0 Å². The number of hydrogen-bond acceptors (Lipinski definition) is 41. The second-order valence-electron chi connectivity index (χ2n) is 32.0. The van der Waals surface area contributed by atoms with Crippen molar-refractivity contribution in [1.29, 1.82) is 0 Å². The van der Waals surface area contributed by atoms with E-state index < -0.39 is 65.6 Å². The zero-order valence-corrected chi connectivity index (χ0v) is 83.1. The highest BCUT2D eigenvalue weighted by molar-refractivity contribution is 5.94. The molecule has 0 rings (SSSR count). The molecule has 0 fully saturated rings. The largest absolute Gasteiger partial charge is 0.444 e. The Morgan fingerprint density at radius 1 is 0.248 bits per heavy atom. The van der Waals surface area contributed by atoms with E-state index in [1.165, 1.54) is 0 Å².